The summed E-state index contributed by atoms with van der Waals surface area (Å²) in [6.45, 7) is 2.71. The maximum atomic E-state index is 13.0. The van der Waals surface area contributed by atoms with E-state index in [1.165, 1.54) is 41.9 Å². The standard InChI is InChI=1S/C25H27N3O2S/c1-27(18-20-8-3-4-9-22(20)28-15-5-2-6-16-28)25(30)19-11-13-21(14-12-19)26-24(29)23-10-7-17-31-23/h3-4,7-14,17H,2,5-6,15-16,18H2,1H3,(H,26,29). The van der Waals surface area contributed by atoms with Gasteiger partial charge in [0.2, 0.25) is 0 Å². The monoisotopic (exact) mass is 433 g/mol. The lowest BCUT2D eigenvalue weighted by atomic mass is 10.1. The van der Waals surface area contributed by atoms with Crippen molar-refractivity contribution in [1.29, 1.82) is 0 Å². The van der Waals surface area contributed by atoms with Crippen molar-refractivity contribution < 1.29 is 9.59 Å². The van der Waals surface area contributed by atoms with Gasteiger partial charge in [-0.1, -0.05) is 24.3 Å². The molecular formula is C25H27N3O2S. The Hall–Kier alpha value is -3.12. The van der Waals surface area contributed by atoms with E-state index < -0.39 is 0 Å². The average Bonchev–Trinajstić information content (AvgIpc) is 3.35. The highest BCUT2D eigenvalue weighted by atomic mass is 32.1. The summed E-state index contributed by atoms with van der Waals surface area (Å²) in [6, 6.07) is 19.1. The lowest BCUT2D eigenvalue weighted by Gasteiger charge is -2.31. The highest BCUT2D eigenvalue weighted by molar-refractivity contribution is 7.12. The third-order valence-electron chi connectivity index (χ3n) is 5.58. The zero-order valence-corrected chi connectivity index (χ0v) is 18.5. The molecule has 31 heavy (non-hydrogen) atoms. The second kappa shape index (κ2) is 9.79. The molecule has 2 aromatic carbocycles. The van der Waals surface area contributed by atoms with Gasteiger partial charge in [-0.25, -0.2) is 0 Å². The van der Waals surface area contributed by atoms with E-state index in [1.807, 2.05) is 24.6 Å². The molecule has 0 radical (unpaired) electrons. The fraction of sp³-hybridized carbons (Fsp3) is 0.280. The van der Waals surface area contributed by atoms with Crippen molar-refractivity contribution >= 4 is 34.5 Å². The Kier molecular flexibility index (Phi) is 6.67. The molecule has 4 rings (SSSR count). The number of carbonyl (C=O) groups excluding carboxylic acids is 2. The number of para-hydroxylation sites is 1. The third kappa shape index (κ3) is 5.14. The van der Waals surface area contributed by atoms with Crippen molar-refractivity contribution in [3.05, 3.63) is 82.0 Å². The number of hydrogen-bond acceptors (Lipinski definition) is 4. The lowest BCUT2D eigenvalue weighted by molar-refractivity contribution is 0.0785. The molecule has 1 aliphatic heterocycles. The zero-order valence-electron chi connectivity index (χ0n) is 17.7. The number of benzene rings is 2. The Morgan fingerprint density at radius 3 is 2.42 bits per heavy atom. The molecule has 1 fully saturated rings. The normalized spacial score (nSPS) is 13.6. The first kappa shape index (κ1) is 21.1. The van der Waals surface area contributed by atoms with Crippen LogP contribution in [0.15, 0.2) is 66.0 Å². The minimum absolute atomic E-state index is 0.0374. The SMILES string of the molecule is CN(Cc1ccccc1N1CCCCC1)C(=O)c1ccc(NC(=O)c2cccs2)cc1. The Balaban J connectivity index is 1.41. The summed E-state index contributed by atoms with van der Waals surface area (Å²) in [4.78, 5) is 30.0. The summed E-state index contributed by atoms with van der Waals surface area (Å²) in [7, 11) is 1.84. The molecule has 0 bridgehead atoms. The number of rotatable bonds is 6. The molecule has 0 saturated carbocycles. The Morgan fingerprint density at radius 2 is 1.71 bits per heavy atom. The fourth-order valence-electron chi connectivity index (χ4n) is 3.93. The van der Waals surface area contributed by atoms with Crippen LogP contribution in [0, 0.1) is 0 Å². The highest BCUT2D eigenvalue weighted by Gasteiger charge is 2.18. The van der Waals surface area contributed by atoms with Crippen LogP contribution < -0.4 is 10.2 Å². The maximum absolute atomic E-state index is 13.0. The number of nitrogens with one attached hydrogen (secondary N) is 1. The van der Waals surface area contributed by atoms with Crippen molar-refractivity contribution in [2.45, 2.75) is 25.8 Å². The van der Waals surface area contributed by atoms with Crippen molar-refractivity contribution in [1.82, 2.24) is 4.90 Å². The summed E-state index contributed by atoms with van der Waals surface area (Å²) in [6.07, 6.45) is 3.73. The van der Waals surface area contributed by atoms with Gasteiger partial charge in [-0.05, 0) is 66.6 Å². The first-order chi connectivity index (χ1) is 15.1. The van der Waals surface area contributed by atoms with Crippen LogP contribution in [0.25, 0.3) is 0 Å². The largest absolute Gasteiger partial charge is 0.371 e. The van der Waals surface area contributed by atoms with Crippen LogP contribution in [-0.4, -0.2) is 36.9 Å². The molecule has 0 aliphatic carbocycles. The number of piperidine rings is 1. The van der Waals surface area contributed by atoms with Gasteiger partial charge in [0.25, 0.3) is 11.8 Å². The number of thiophene rings is 1. The summed E-state index contributed by atoms with van der Waals surface area (Å²) >= 11 is 1.40. The number of carbonyl (C=O) groups is 2. The molecule has 0 unspecified atom stereocenters. The highest BCUT2D eigenvalue weighted by Crippen LogP contribution is 2.25. The molecule has 3 aromatic rings. The van der Waals surface area contributed by atoms with E-state index in [2.05, 4.69) is 28.4 Å². The van der Waals surface area contributed by atoms with E-state index in [9.17, 15) is 9.59 Å². The van der Waals surface area contributed by atoms with Crippen LogP contribution in [0.3, 0.4) is 0 Å². The van der Waals surface area contributed by atoms with Crippen LogP contribution in [0.2, 0.25) is 0 Å². The Bertz CT molecular complexity index is 1030. The molecule has 1 saturated heterocycles. The summed E-state index contributed by atoms with van der Waals surface area (Å²) < 4.78 is 0. The fourth-order valence-corrected chi connectivity index (χ4v) is 4.55. The van der Waals surface area contributed by atoms with Gasteiger partial charge in [-0.15, -0.1) is 11.3 Å². The second-order valence-corrected chi connectivity index (χ2v) is 8.79. The average molecular weight is 434 g/mol. The van der Waals surface area contributed by atoms with E-state index in [-0.39, 0.29) is 11.8 Å². The molecule has 2 amide bonds. The van der Waals surface area contributed by atoms with E-state index in [4.69, 9.17) is 0 Å². The van der Waals surface area contributed by atoms with Gasteiger partial charge in [-0.2, -0.15) is 0 Å². The van der Waals surface area contributed by atoms with Crippen molar-refractivity contribution in [2.24, 2.45) is 0 Å². The first-order valence-electron chi connectivity index (χ1n) is 10.6. The summed E-state index contributed by atoms with van der Waals surface area (Å²) in [5, 5.41) is 4.74. The van der Waals surface area contributed by atoms with Crippen molar-refractivity contribution in [2.75, 3.05) is 30.4 Å². The van der Waals surface area contributed by atoms with Gasteiger partial charge in [0.1, 0.15) is 0 Å². The van der Waals surface area contributed by atoms with E-state index in [0.717, 1.165) is 13.1 Å². The van der Waals surface area contributed by atoms with Crippen LogP contribution in [0.5, 0.6) is 0 Å². The molecule has 0 atom stereocenters. The Morgan fingerprint density at radius 1 is 0.968 bits per heavy atom. The van der Waals surface area contributed by atoms with Gasteiger partial charge >= 0.3 is 0 Å². The van der Waals surface area contributed by atoms with Crippen molar-refractivity contribution in [3.8, 4) is 0 Å². The molecule has 160 valence electrons. The molecule has 6 heteroatoms. The number of nitrogens with zero attached hydrogens (tertiary/aromatic N) is 2. The topological polar surface area (TPSA) is 52.6 Å². The smallest absolute Gasteiger partial charge is 0.265 e. The van der Waals surface area contributed by atoms with E-state index in [1.54, 1.807) is 35.2 Å². The van der Waals surface area contributed by atoms with Gasteiger partial charge in [0, 0.05) is 43.6 Å². The lowest BCUT2D eigenvalue weighted by Crippen LogP contribution is -2.32. The van der Waals surface area contributed by atoms with Crippen LogP contribution in [-0.2, 0) is 6.54 Å². The van der Waals surface area contributed by atoms with Gasteiger partial charge in [0.15, 0.2) is 0 Å². The molecule has 1 aromatic heterocycles. The summed E-state index contributed by atoms with van der Waals surface area (Å²) in [5.41, 5.74) is 3.67. The molecular weight excluding hydrogens is 406 g/mol. The van der Waals surface area contributed by atoms with E-state index in [0.29, 0.717) is 22.7 Å². The molecule has 5 nitrogen and oxygen atoms in total. The van der Waals surface area contributed by atoms with Crippen LogP contribution in [0.1, 0.15) is 44.9 Å². The number of hydrogen-bond donors (Lipinski definition) is 1. The predicted octanol–water partition coefficient (Wildman–Crippen LogP) is 5.26. The Labute approximate surface area is 187 Å². The number of amides is 2. The van der Waals surface area contributed by atoms with Crippen LogP contribution >= 0.6 is 11.3 Å². The molecule has 2 heterocycles. The first-order valence-corrected chi connectivity index (χ1v) is 11.5. The summed E-state index contributed by atoms with van der Waals surface area (Å²) in [5.74, 6) is -0.176. The third-order valence-corrected chi connectivity index (χ3v) is 6.45. The van der Waals surface area contributed by atoms with Gasteiger partial charge in [0.05, 0.1) is 4.88 Å². The quantitative estimate of drug-likeness (QED) is 0.577. The van der Waals surface area contributed by atoms with Crippen LogP contribution in [0.4, 0.5) is 11.4 Å². The molecule has 1 N–H and O–H groups in total. The van der Waals surface area contributed by atoms with E-state index >= 15 is 0 Å². The maximum Gasteiger partial charge on any atom is 0.265 e. The minimum atomic E-state index is -0.138. The zero-order chi connectivity index (χ0) is 21.6. The molecule has 0 spiro atoms. The predicted molar refractivity (Wildman–Crippen MR) is 127 cm³/mol. The number of anilines is 2. The van der Waals surface area contributed by atoms with Gasteiger partial charge < -0.3 is 15.1 Å². The minimum Gasteiger partial charge on any atom is -0.371 e. The molecule has 1 aliphatic rings. The van der Waals surface area contributed by atoms with Crippen molar-refractivity contribution in [3.63, 3.8) is 0 Å². The van der Waals surface area contributed by atoms with Gasteiger partial charge in [-0.3, -0.25) is 9.59 Å². The second-order valence-electron chi connectivity index (χ2n) is 7.85.